The summed E-state index contributed by atoms with van der Waals surface area (Å²) in [6.45, 7) is 0.837. The lowest BCUT2D eigenvalue weighted by Gasteiger charge is -2.44. The summed E-state index contributed by atoms with van der Waals surface area (Å²) in [5.74, 6) is -4.03. The van der Waals surface area contributed by atoms with Crippen molar-refractivity contribution in [2.24, 2.45) is 0 Å². The number of esters is 1. The maximum Gasteiger partial charge on any atom is 0.366 e. The number of carbonyl (C=O) groups excluding carboxylic acids is 2. The minimum atomic E-state index is -2.43. The summed E-state index contributed by atoms with van der Waals surface area (Å²) >= 11 is 0. The Balaban J connectivity index is 3.02. The van der Waals surface area contributed by atoms with Gasteiger partial charge in [0.15, 0.2) is 0 Å². The summed E-state index contributed by atoms with van der Waals surface area (Å²) in [4.78, 5) is 22.7. The minimum Gasteiger partial charge on any atom is -0.465 e. The first kappa shape index (κ1) is 17.8. The Morgan fingerprint density at radius 1 is 1.52 bits per heavy atom. The number of aliphatic hydroxyl groups is 4. The van der Waals surface area contributed by atoms with Crippen LogP contribution in [0.2, 0.25) is 0 Å². The second-order valence-electron chi connectivity index (χ2n) is 4.94. The van der Waals surface area contributed by atoms with Gasteiger partial charge >= 0.3 is 5.97 Å². The van der Waals surface area contributed by atoms with E-state index in [-0.39, 0.29) is 13.0 Å². The van der Waals surface area contributed by atoms with Crippen LogP contribution in [0.15, 0.2) is 0 Å². The van der Waals surface area contributed by atoms with Gasteiger partial charge in [-0.15, -0.1) is 0 Å². The molecule has 0 spiro atoms. The third-order valence-corrected chi connectivity index (χ3v) is 3.26. The lowest BCUT2D eigenvalue weighted by atomic mass is 9.89. The maximum atomic E-state index is 11.6. The fourth-order valence-electron chi connectivity index (χ4n) is 2.29. The van der Waals surface area contributed by atoms with Gasteiger partial charge in [0.05, 0.1) is 25.4 Å². The number of methoxy groups -OCH3 is 1. The third-order valence-electron chi connectivity index (χ3n) is 3.26. The zero-order valence-corrected chi connectivity index (χ0v) is 11.9. The minimum absolute atomic E-state index is 0.120. The highest BCUT2D eigenvalue weighted by molar-refractivity contribution is 5.78. The first-order chi connectivity index (χ1) is 9.75. The largest absolute Gasteiger partial charge is 0.465 e. The van der Waals surface area contributed by atoms with Gasteiger partial charge in [-0.05, 0) is 6.42 Å². The molecule has 0 bridgehead atoms. The Kier molecular flexibility index (Phi) is 6.05. The summed E-state index contributed by atoms with van der Waals surface area (Å²) in [6, 6.07) is -1.03. The number of ether oxygens (including phenoxy) is 2. The SMILES string of the molecule is COC(=O)[C@]1(O)C[C@H](O)[C@@H](NC(C)=O)[C@H]([C@H](O)CCO)O1. The van der Waals surface area contributed by atoms with Crippen molar-refractivity contribution in [1.29, 1.82) is 0 Å². The van der Waals surface area contributed by atoms with Crippen LogP contribution in [0.4, 0.5) is 0 Å². The Bertz CT molecular complexity index is 389. The van der Waals surface area contributed by atoms with E-state index in [1.165, 1.54) is 6.92 Å². The van der Waals surface area contributed by atoms with Crippen molar-refractivity contribution in [2.75, 3.05) is 13.7 Å². The van der Waals surface area contributed by atoms with E-state index in [0.29, 0.717) is 0 Å². The molecule has 1 heterocycles. The second-order valence-corrected chi connectivity index (χ2v) is 4.94. The topological polar surface area (TPSA) is 146 Å². The molecule has 0 aromatic heterocycles. The lowest BCUT2D eigenvalue weighted by molar-refractivity contribution is -0.291. The predicted octanol–water partition coefficient (Wildman–Crippen LogP) is -2.75. The third kappa shape index (κ3) is 4.11. The van der Waals surface area contributed by atoms with Crippen molar-refractivity contribution in [2.45, 2.75) is 49.9 Å². The molecule has 0 aromatic rings. The molecule has 0 aliphatic carbocycles. The maximum absolute atomic E-state index is 11.6. The van der Waals surface area contributed by atoms with E-state index in [2.05, 4.69) is 10.1 Å². The predicted molar refractivity (Wildman–Crippen MR) is 67.8 cm³/mol. The van der Waals surface area contributed by atoms with Crippen LogP contribution in [0.3, 0.4) is 0 Å². The van der Waals surface area contributed by atoms with Crippen LogP contribution in [0, 0.1) is 0 Å². The van der Waals surface area contributed by atoms with Crippen LogP contribution >= 0.6 is 0 Å². The average Bonchev–Trinajstić information content (AvgIpc) is 2.40. The van der Waals surface area contributed by atoms with E-state index in [9.17, 15) is 24.9 Å². The van der Waals surface area contributed by atoms with E-state index in [0.717, 1.165) is 7.11 Å². The lowest BCUT2D eigenvalue weighted by Crippen LogP contribution is -2.66. The fraction of sp³-hybridized carbons (Fsp3) is 0.833. The molecule has 9 heteroatoms. The Hall–Kier alpha value is -1.26. The standard InChI is InChI=1S/C12H21NO8/c1-6(15)13-9-8(17)5-12(19,11(18)20-2)21-10(9)7(16)3-4-14/h7-10,14,16-17,19H,3-5H2,1-2H3,(H,13,15)/t7-,8+,9-,10+,12+/m1/s1. The average molecular weight is 307 g/mol. The molecule has 1 saturated heterocycles. The quantitative estimate of drug-likeness (QED) is 0.344. The monoisotopic (exact) mass is 307 g/mol. The summed E-state index contributed by atoms with van der Waals surface area (Å²) in [5, 5.41) is 41.4. The number of carbonyl (C=O) groups is 2. The zero-order chi connectivity index (χ0) is 16.2. The zero-order valence-electron chi connectivity index (χ0n) is 11.9. The second kappa shape index (κ2) is 7.14. The number of amides is 1. The first-order valence-electron chi connectivity index (χ1n) is 6.48. The number of hydrogen-bond acceptors (Lipinski definition) is 8. The molecule has 1 aliphatic heterocycles. The van der Waals surface area contributed by atoms with E-state index in [1.807, 2.05) is 0 Å². The molecule has 122 valence electrons. The summed E-state index contributed by atoms with van der Waals surface area (Å²) in [7, 11) is 1.04. The van der Waals surface area contributed by atoms with Crippen LogP contribution in [0.25, 0.3) is 0 Å². The summed E-state index contributed by atoms with van der Waals surface area (Å²) in [6.07, 6.45) is -4.57. The highest BCUT2D eigenvalue weighted by Crippen LogP contribution is 2.31. The molecule has 0 unspecified atom stereocenters. The molecular formula is C12H21NO8. The van der Waals surface area contributed by atoms with Gasteiger partial charge in [0.25, 0.3) is 5.79 Å². The highest BCUT2D eigenvalue weighted by Gasteiger charge is 2.53. The van der Waals surface area contributed by atoms with Crippen molar-refractivity contribution in [1.82, 2.24) is 5.32 Å². The van der Waals surface area contributed by atoms with Gasteiger partial charge in [-0.25, -0.2) is 4.79 Å². The molecule has 5 N–H and O–H groups in total. The normalized spacial score (nSPS) is 34.1. The molecule has 0 aromatic carbocycles. The van der Waals surface area contributed by atoms with Crippen molar-refractivity contribution < 1.29 is 39.5 Å². The van der Waals surface area contributed by atoms with Crippen molar-refractivity contribution >= 4 is 11.9 Å². The smallest absolute Gasteiger partial charge is 0.366 e. The van der Waals surface area contributed by atoms with Crippen LogP contribution in [0.1, 0.15) is 19.8 Å². The Morgan fingerprint density at radius 2 is 2.14 bits per heavy atom. The number of nitrogens with one attached hydrogen (secondary N) is 1. The van der Waals surface area contributed by atoms with Crippen molar-refractivity contribution in [3.8, 4) is 0 Å². The van der Waals surface area contributed by atoms with Gasteiger partial charge in [-0.2, -0.15) is 0 Å². The molecule has 1 aliphatic rings. The van der Waals surface area contributed by atoms with E-state index < -0.39 is 48.4 Å². The van der Waals surface area contributed by atoms with Gasteiger partial charge in [-0.1, -0.05) is 0 Å². The molecule has 9 nitrogen and oxygen atoms in total. The van der Waals surface area contributed by atoms with Crippen molar-refractivity contribution in [3.63, 3.8) is 0 Å². The van der Waals surface area contributed by atoms with E-state index >= 15 is 0 Å². The van der Waals surface area contributed by atoms with Gasteiger partial charge in [0.2, 0.25) is 5.91 Å². The molecule has 5 atom stereocenters. The van der Waals surface area contributed by atoms with Gasteiger partial charge < -0.3 is 35.2 Å². The van der Waals surface area contributed by atoms with Crippen LogP contribution in [0.5, 0.6) is 0 Å². The molecule has 21 heavy (non-hydrogen) atoms. The van der Waals surface area contributed by atoms with Crippen molar-refractivity contribution in [3.05, 3.63) is 0 Å². The van der Waals surface area contributed by atoms with Crippen LogP contribution in [-0.4, -0.2) is 76.2 Å². The number of hydrogen-bond donors (Lipinski definition) is 5. The number of rotatable bonds is 5. The Morgan fingerprint density at radius 3 is 2.62 bits per heavy atom. The summed E-state index contributed by atoms with van der Waals surface area (Å²) < 4.78 is 9.57. The van der Waals surface area contributed by atoms with Gasteiger partial charge in [-0.3, -0.25) is 4.79 Å². The molecular weight excluding hydrogens is 286 g/mol. The number of aliphatic hydroxyl groups excluding tert-OH is 3. The molecule has 0 radical (unpaired) electrons. The highest BCUT2D eigenvalue weighted by atomic mass is 16.7. The molecule has 1 amide bonds. The molecule has 1 rings (SSSR count). The van der Waals surface area contributed by atoms with E-state index in [1.54, 1.807) is 0 Å². The molecule has 0 saturated carbocycles. The van der Waals surface area contributed by atoms with Gasteiger partial charge in [0, 0.05) is 20.0 Å². The van der Waals surface area contributed by atoms with Crippen LogP contribution in [-0.2, 0) is 19.1 Å². The van der Waals surface area contributed by atoms with E-state index in [4.69, 9.17) is 9.84 Å². The Labute approximate surface area is 121 Å². The van der Waals surface area contributed by atoms with Gasteiger partial charge in [0.1, 0.15) is 6.10 Å². The fourth-order valence-corrected chi connectivity index (χ4v) is 2.29. The summed E-state index contributed by atoms with van der Waals surface area (Å²) in [5.41, 5.74) is 0. The van der Waals surface area contributed by atoms with Crippen LogP contribution < -0.4 is 5.32 Å². The molecule has 1 fully saturated rings. The first-order valence-corrected chi connectivity index (χ1v) is 6.48.